The highest BCUT2D eigenvalue weighted by Crippen LogP contribution is 2.18. The summed E-state index contributed by atoms with van der Waals surface area (Å²) in [4.78, 5) is 0. The van der Waals surface area contributed by atoms with Gasteiger partial charge in [-0.2, -0.15) is 0 Å². The van der Waals surface area contributed by atoms with Crippen molar-refractivity contribution in [2.24, 2.45) is 0 Å². The van der Waals surface area contributed by atoms with Crippen LogP contribution in [0.25, 0.3) is 0 Å². The Morgan fingerprint density at radius 2 is 2.25 bits per heavy atom. The minimum atomic E-state index is 0.273. The van der Waals surface area contributed by atoms with Gasteiger partial charge in [-0.3, -0.25) is 5.32 Å². The maximum atomic E-state index is 5.64. The minimum absolute atomic E-state index is 0.273. The van der Waals surface area contributed by atoms with Crippen molar-refractivity contribution >= 4 is 0 Å². The predicted molar refractivity (Wildman–Crippen MR) is 47.8 cm³/mol. The lowest BCUT2D eigenvalue weighted by atomic mass is 10.0. The number of allylic oxidation sites excluding steroid dienone is 2. The van der Waals surface area contributed by atoms with E-state index >= 15 is 0 Å². The van der Waals surface area contributed by atoms with Crippen LogP contribution in [0.15, 0.2) is 24.4 Å². The van der Waals surface area contributed by atoms with Gasteiger partial charge < -0.3 is 4.74 Å². The van der Waals surface area contributed by atoms with E-state index < -0.39 is 0 Å². The molecule has 0 amide bonds. The van der Waals surface area contributed by atoms with Crippen LogP contribution in [0.3, 0.4) is 0 Å². The maximum Gasteiger partial charge on any atom is 0.0944 e. The molecule has 2 rings (SSSR count). The first kappa shape index (κ1) is 7.87. The van der Waals surface area contributed by atoms with Crippen molar-refractivity contribution in [3.8, 4) is 0 Å². The molecule has 2 atom stereocenters. The van der Waals surface area contributed by atoms with Crippen molar-refractivity contribution in [3.05, 3.63) is 24.4 Å². The molecule has 2 heterocycles. The smallest absolute Gasteiger partial charge is 0.0944 e. The molecule has 2 nitrogen and oxygen atoms in total. The highest BCUT2D eigenvalue weighted by atomic mass is 16.5. The van der Waals surface area contributed by atoms with Crippen LogP contribution in [0.5, 0.6) is 0 Å². The molecule has 0 aromatic carbocycles. The summed E-state index contributed by atoms with van der Waals surface area (Å²) in [6, 6.07) is 0.273. The molecule has 1 radical (unpaired) electrons. The van der Waals surface area contributed by atoms with E-state index in [-0.39, 0.29) is 6.04 Å². The van der Waals surface area contributed by atoms with Gasteiger partial charge in [-0.05, 0) is 25.3 Å². The minimum Gasteiger partial charge on any atom is -0.376 e. The summed E-state index contributed by atoms with van der Waals surface area (Å²) in [6.07, 6.45) is 12.0. The van der Waals surface area contributed by atoms with E-state index in [9.17, 15) is 0 Å². The van der Waals surface area contributed by atoms with Crippen molar-refractivity contribution in [1.29, 1.82) is 0 Å². The zero-order valence-electron chi connectivity index (χ0n) is 7.15. The zero-order chi connectivity index (χ0) is 8.23. The Kier molecular flexibility index (Phi) is 2.47. The van der Waals surface area contributed by atoms with E-state index in [4.69, 9.17) is 4.74 Å². The molecule has 12 heavy (non-hydrogen) atoms. The number of hydrogen-bond acceptors (Lipinski definition) is 1. The van der Waals surface area contributed by atoms with Crippen LogP contribution >= 0.6 is 0 Å². The van der Waals surface area contributed by atoms with Crippen molar-refractivity contribution in [2.45, 2.75) is 31.4 Å². The molecule has 2 aliphatic heterocycles. The molecular weight excluding hydrogens is 150 g/mol. The third-order valence-corrected chi connectivity index (χ3v) is 2.36. The molecule has 2 heteroatoms. The van der Waals surface area contributed by atoms with Crippen LogP contribution in [-0.4, -0.2) is 18.8 Å². The Balaban J connectivity index is 1.90. The second-order valence-electron chi connectivity index (χ2n) is 3.27. The molecule has 0 bridgehead atoms. The fourth-order valence-corrected chi connectivity index (χ4v) is 1.68. The van der Waals surface area contributed by atoms with Crippen LogP contribution in [0.2, 0.25) is 0 Å². The van der Waals surface area contributed by atoms with E-state index in [2.05, 4.69) is 17.5 Å². The Hall–Kier alpha value is -0.760. The van der Waals surface area contributed by atoms with E-state index in [0.29, 0.717) is 6.10 Å². The first-order valence-corrected chi connectivity index (χ1v) is 4.62. The molecule has 2 unspecified atom stereocenters. The van der Waals surface area contributed by atoms with Gasteiger partial charge in [0.25, 0.3) is 0 Å². The summed E-state index contributed by atoms with van der Waals surface area (Å²) in [6.45, 7) is 0.911. The topological polar surface area (TPSA) is 23.3 Å². The number of nitrogens with zero attached hydrogens (tertiary/aromatic N) is 1. The fraction of sp³-hybridized carbons (Fsp3) is 0.600. The van der Waals surface area contributed by atoms with Gasteiger partial charge in [-0.25, -0.2) is 0 Å². The van der Waals surface area contributed by atoms with Crippen LogP contribution in [0.1, 0.15) is 19.3 Å². The first-order valence-electron chi connectivity index (χ1n) is 4.62. The molecule has 0 N–H and O–H groups in total. The molecule has 0 aromatic rings. The second kappa shape index (κ2) is 3.76. The van der Waals surface area contributed by atoms with Gasteiger partial charge in [-0.1, -0.05) is 12.2 Å². The van der Waals surface area contributed by atoms with Crippen LogP contribution in [0, 0.1) is 0 Å². The van der Waals surface area contributed by atoms with Gasteiger partial charge in [0.15, 0.2) is 0 Å². The molecule has 0 aliphatic carbocycles. The summed E-state index contributed by atoms with van der Waals surface area (Å²) in [5.41, 5.74) is 0. The monoisotopic (exact) mass is 164 g/mol. The SMILES string of the molecule is C1=C[N]C(C2CCCCO2)C=C1. The summed E-state index contributed by atoms with van der Waals surface area (Å²) >= 11 is 0. The maximum absolute atomic E-state index is 5.64. The lowest BCUT2D eigenvalue weighted by Crippen LogP contribution is -2.36. The van der Waals surface area contributed by atoms with Crippen molar-refractivity contribution in [3.63, 3.8) is 0 Å². The molecule has 1 fully saturated rings. The largest absolute Gasteiger partial charge is 0.376 e. The highest BCUT2D eigenvalue weighted by molar-refractivity contribution is 5.13. The van der Waals surface area contributed by atoms with E-state index in [1.54, 1.807) is 0 Å². The normalized spacial score (nSPS) is 34.7. The first-order chi connectivity index (χ1) is 5.97. The molecule has 0 saturated carbocycles. The van der Waals surface area contributed by atoms with Crippen LogP contribution < -0.4 is 5.32 Å². The lowest BCUT2D eigenvalue weighted by molar-refractivity contribution is 0.00378. The van der Waals surface area contributed by atoms with Crippen LogP contribution in [0.4, 0.5) is 0 Å². The summed E-state index contributed by atoms with van der Waals surface area (Å²) in [5.74, 6) is 0. The molecule has 1 saturated heterocycles. The van der Waals surface area contributed by atoms with Gasteiger partial charge in [0.1, 0.15) is 0 Å². The second-order valence-corrected chi connectivity index (χ2v) is 3.27. The number of hydrogen-bond donors (Lipinski definition) is 0. The van der Waals surface area contributed by atoms with Gasteiger partial charge in [-0.15, -0.1) is 0 Å². The standard InChI is InChI=1S/C10H14NO/c1-3-7-11-9(5-1)10-6-2-4-8-12-10/h1,3,5,7,9-10H,2,4,6,8H2. The lowest BCUT2D eigenvalue weighted by Gasteiger charge is -2.28. The Morgan fingerprint density at radius 3 is 2.92 bits per heavy atom. The fourth-order valence-electron chi connectivity index (χ4n) is 1.68. The van der Waals surface area contributed by atoms with Gasteiger partial charge in [0.2, 0.25) is 0 Å². The highest BCUT2D eigenvalue weighted by Gasteiger charge is 2.22. The van der Waals surface area contributed by atoms with E-state index in [1.165, 1.54) is 12.8 Å². The van der Waals surface area contributed by atoms with Crippen LogP contribution in [-0.2, 0) is 4.74 Å². The molecule has 0 spiro atoms. The van der Waals surface area contributed by atoms with Gasteiger partial charge in [0.05, 0.1) is 12.1 Å². The third kappa shape index (κ3) is 1.69. The summed E-state index contributed by atoms with van der Waals surface area (Å²) in [5, 5.41) is 4.36. The summed E-state index contributed by atoms with van der Waals surface area (Å²) < 4.78 is 5.64. The zero-order valence-corrected chi connectivity index (χ0v) is 7.15. The Labute approximate surface area is 73.3 Å². The van der Waals surface area contributed by atoms with Crippen molar-refractivity contribution in [1.82, 2.24) is 5.32 Å². The average molecular weight is 164 g/mol. The quantitative estimate of drug-likeness (QED) is 0.577. The molecule has 65 valence electrons. The Bertz CT molecular complexity index is 192. The number of ether oxygens (including phenoxy) is 1. The third-order valence-electron chi connectivity index (χ3n) is 2.36. The molecule has 0 aromatic heterocycles. The number of rotatable bonds is 1. The van der Waals surface area contributed by atoms with E-state index in [0.717, 1.165) is 13.0 Å². The van der Waals surface area contributed by atoms with Crippen molar-refractivity contribution < 1.29 is 4.74 Å². The van der Waals surface area contributed by atoms with Crippen molar-refractivity contribution in [2.75, 3.05) is 6.61 Å². The molecule has 2 aliphatic rings. The Morgan fingerprint density at radius 1 is 1.25 bits per heavy atom. The predicted octanol–water partition coefficient (Wildman–Crippen LogP) is 1.61. The molecular formula is C10H14NO. The van der Waals surface area contributed by atoms with Gasteiger partial charge in [0, 0.05) is 12.8 Å². The summed E-state index contributed by atoms with van der Waals surface area (Å²) in [7, 11) is 0. The van der Waals surface area contributed by atoms with Gasteiger partial charge >= 0.3 is 0 Å². The average Bonchev–Trinajstić information content (AvgIpc) is 2.21. The van der Waals surface area contributed by atoms with E-state index in [1.807, 2.05) is 12.3 Å².